The van der Waals surface area contributed by atoms with Gasteiger partial charge in [-0.15, -0.1) is 11.3 Å². The number of aromatic nitrogens is 2. The molecule has 8 heteroatoms. The first kappa shape index (κ1) is 15.5. The van der Waals surface area contributed by atoms with E-state index in [1.807, 2.05) is 5.38 Å². The first-order chi connectivity index (χ1) is 9.75. The van der Waals surface area contributed by atoms with Crippen LogP contribution in [-0.2, 0) is 9.59 Å². The summed E-state index contributed by atoms with van der Waals surface area (Å²) in [5.41, 5.74) is -0.705. The summed E-state index contributed by atoms with van der Waals surface area (Å²) in [5.74, 6) is -1.50. The first-order valence-electron chi connectivity index (χ1n) is 6.05. The molecule has 0 aliphatic heterocycles. The van der Waals surface area contributed by atoms with Gasteiger partial charge in [-0.2, -0.15) is 0 Å². The molecule has 2 aromatic heterocycles. The minimum Gasteiger partial charge on any atom is -0.480 e. The Balaban J connectivity index is 2.25. The van der Waals surface area contributed by atoms with Crippen LogP contribution in [0.1, 0.15) is 19.5 Å². The molecule has 6 nitrogen and oxygen atoms in total. The van der Waals surface area contributed by atoms with Gasteiger partial charge >= 0.3 is 5.97 Å². The SMILES string of the molecule is CN(C(=O)C=Cc1c(Cl)nc2sccn12)C(C)(C)C(=O)O. The highest BCUT2D eigenvalue weighted by Crippen LogP contribution is 2.22. The number of carboxylic acid groups (broad SMARTS) is 1. The highest BCUT2D eigenvalue weighted by atomic mass is 35.5. The van der Waals surface area contributed by atoms with Gasteiger partial charge in [-0.1, -0.05) is 11.6 Å². The highest BCUT2D eigenvalue weighted by molar-refractivity contribution is 7.15. The summed E-state index contributed by atoms with van der Waals surface area (Å²) < 4.78 is 1.76. The number of hydrogen-bond acceptors (Lipinski definition) is 4. The second-order valence-corrected chi connectivity index (χ2v) is 6.17. The number of carboxylic acids is 1. The molecule has 0 saturated heterocycles. The molecule has 0 saturated carbocycles. The molecular weight excluding hydrogens is 314 g/mol. The molecule has 21 heavy (non-hydrogen) atoms. The van der Waals surface area contributed by atoms with Gasteiger partial charge in [0, 0.05) is 24.7 Å². The fourth-order valence-corrected chi connectivity index (χ4v) is 2.61. The Bertz CT molecular complexity index is 732. The van der Waals surface area contributed by atoms with Crippen molar-refractivity contribution in [3.63, 3.8) is 0 Å². The zero-order chi connectivity index (χ0) is 15.8. The summed E-state index contributed by atoms with van der Waals surface area (Å²) in [6.45, 7) is 2.92. The molecule has 0 fully saturated rings. The van der Waals surface area contributed by atoms with Crippen LogP contribution < -0.4 is 0 Å². The molecule has 2 rings (SSSR count). The Kier molecular flexibility index (Phi) is 4.06. The van der Waals surface area contributed by atoms with Crippen LogP contribution in [0.4, 0.5) is 0 Å². The number of hydrogen-bond donors (Lipinski definition) is 1. The maximum absolute atomic E-state index is 12.1. The molecule has 0 unspecified atom stereocenters. The zero-order valence-corrected chi connectivity index (χ0v) is 13.3. The molecule has 112 valence electrons. The fourth-order valence-electron chi connectivity index (χ4n) is 1.61. The van der Waals surface area contributed by atoms with Gasteiger partial charge in [0.2, 0.25) is 5.91 Å². The summed E-state index contributed by atoms with van der Waals surface area (Å²) in [4.78, 5) is 29.3. The van der Waals surface area contributed by atoms with Crippen molar-refractivity contribution in [3.05, 3.63) is 28.5 Å². The number of halogens is 1. The van der Waals surface area contributed by atoms with E-state index in [1.165, 1.54) is 44.4 Å². The van der Waals surface area contributed by atoms with Crippen LogP contribution in [-0.4, -0.2) is 43.9 Å². The maximum Gasteiger partial charge on any atom is 0.329 e. The average Bonchev–Trinajstić information content (AvgIpc) is 2.95. The Morgan fingerprint density at radius 3 is 2.81 bits per heavy atom. The topological polar surface area (TPSA) is 74.9 Å². The number of likely N-dealkylation sites (N-methyl/N-ethyl adjacent to an activating group) is 1. The minimum absolute atomic E-state index is 0.297. The van der Waals surface area contributed by atoms with E-state index >= 15 is 0 Å². The lowest BCUT2D eigenvalue weighted by atomic mass is 10.0. The van der Waals surface area contributed by atoms with Crippen molar-refractivity contribution >= 4 is 45.9 Å². The van der Waals surface area contributed by atoms with E-state index in [2.05, 4.69) is 4.98 Å². The average molecular weight is 328 g/mol. The Hall–Kier alpha value is -1.86. The number of aliphatic carboxylic acids is 1. The van der Waals surface area contributed by atoms with Gasteiger partial charge in [0.25, 0.3) is 0 Å². The van der Waals surface area contributed by atoms with Crippen molar-refractivity contribution in [2.45, 2.75) is 19.4 Å². The van der Waals surface area contributed by atoms with Crippen molar-refractivity contribution in [2.24, 2.45) is 0 Å². The molecular formula is C13H14ClN3O3S. The van der Waals surface area contributed by atoms with Crippen LogP contribution in [0.3, 0.4) is 0 Å². The lowest BCUT2D eigenvalue weighted by molar-refractivity contribution is -0.153. The van der Waals surface area contributed by atoms with Crippen molar-refractivity contribution in [3.8, 4) is 0 Å². The predicted octanol–water partition coefficient (Wildman–Crippen LogP) is 2.38. The Morgan fingerprint density at radius 1 is 1.52 bits per heavy atom. The third-order valence-corrected chi connectivity index (χ3v) is 4.37. The maximum atomic E-state index is 12.1. The van der Waals surface area contributed by atoms with Crippen molar-refractivity contribution in [1.29, 1.82) is 0 Å². The fraction of sp³-hybridized carbons (Fsp3) is 0.308. The predicted molar refractivity (Wildman–Crippen MR) is 81.6 cm³/mol. The number of amides is 1. The van der Waals surface area contributed by atoms with E-state index < -0.39 is 17.4 Å². The van der Waals surface area contributed by atoms with Gasteiger partial charge in [-0.3, -0.25) is 9.20 Å². The van der Waals surface area contributed by atoms with E-state index in [1.54, 1.807) is 10.6 Å². The van der Waals surface area contributed by atoms with Crippen LogP contribution in [0.15, 0.2) is 17.7 Å². The monoisotopic (exact) mass is 327 g/mol. The molecule has 0 aliphatic carbocycles. The molecule has 1 amide bonds. The van der Waals surface area contributed by atoms with Gasteiger partial charge < -0.3 is 10.0 Å². The number of rotatable bonds is 4. The summed E-state index contributed by atoms with van der Waals surface area (Å²) in [7, 11) is 1.44. The van der Waals surface area contributed by atoms with E-state index in [0.29, 0.717) is 10.8 Å². The molecule has 2 aromatic rings. The van der Waals surface area contributed by atoms with Crippen LogP contribution in [0, 0.1) is 0 Å². The number of imidazole rings is 1. The van der Waals surface area contributed by atoms with Crippen LogP contribution in [0.25, 0.3) is 11.0 Å². The highest BCUT2D eigenvalue weighted by Gasteiger charge is 2.34. The quantitative estimate of drug-likeness (QED) is 0.875. The van der Waals surface area contributed by atoms with Gasteiger partial charge in [0.1, 0.15) is 5.54 Å². The number of carbonyl (C=O) groups is 2. The first-order valence-corrected chi connectivity index (χ1v) is 7.31. The van der Waals surface area contributed by atoms with Gasteiger partial charge in [0.15, 0.2) is 10.1 Å². The normalized spacial score (nSPS) is 12.2. The smallest absolute Gasteiger partial charge is 0.329 e. The largest absolute Gasteiger partial charge is 0.480 e. The summed E-state index contributed by atoms with van der Waals surface area (Å²) in [6, 6.07) is 0. The van der Waals surface area contributed by atoms with E-state index in [-0.39, 0.29) is 0 Å². The van der Waals surface area contributed by atoms with Gasteiger partial charge in [-0.05, 0) is 19.9 Å². The van der Waals surface area contributed by atoms with Crippen molar-refractivity contribution in [2.75, 3.05) is 7.05 Å². The second-order valence-electron chi connectivity index (χ2n) is 4.94. The second kappa shape index (κ2) is 5.50. The summed E-state index contributed by atoms with van der Waals surface area (Å²) in [6.07, 6.45) is 4.62. The molecule has 0 aliphatic rings. The van der Waals surface area contributed by atoms with Gasteiger partial charge in [0.05, 0.1) is 5.69 Å². The van der Waals surface area contributed by atoms with Crippen LogP contribution in [0.2, 0.25) is 5.15 Å². The van der Waals surface area contributed by atoms with Crippen molar-refractivity contribution in [1.82, 2.24) is 14.3 Å². The van der Waals surface area contributed by atoms with E-state index in [0.717, 1.165) is 9.86 Å². The molecule has 2 heterocycles. The number of carbonyl (C=O) groups excluding carboxylic acids is 1. The zero-order valence-electron chi connectivity index (χ0n) is 11.7. The Labute approximate surface area is 130 Å². The lowest BCUT2D eigenvalue weighted by Gasteiger charge is -2.30. The van der Waals surface area contributed by atoms with Crippen LogP contribution in [0.5, 0.6) is 0 Å². The third kappa shape index (κ3) is 2.79. The lowest BCUT2D eigenvalue weighted by Crippen LogP contribution is -2.50. The van der Waals surface area contributed by atoms with Gasteiger partial charge in [-0.25, -0.2) is 9.78 Å². The van der Waals surface area contributed by atoms with E-state index in [9.17, 15) is 9.59 Å². The van der Waals surface area contributed by atoms with Crippen LogP contribution >= 0.6 is 22.9 Å². The molecule has 1 N–H and O–H groups in total. The standard InChI is InChI=1S/C13H14ClN3O3S/c1-13(2,11(19)20)16(3)9(18)5-4-8-10(14)15-12-17(8)6-7-21-12/h4-7H,1-3H3,(H,19,20). The number of nitrogens with zero attached hydrogens (tertiary/aromatic N) is 3. The van der Waals surface area contributed by atoms with E-state index in [4.69, 9.17) is 16.7 Å². The number of thiazole rings is 1. The number of fused-ring (bicyclic) bond motifs is 1. The Morgan fingerprint density at radius 2 is 2.19 bits per heavy atom. The third-order valence-electron chi connectivity index (χ3n) is 3.33. The summed E-state index contributed by atoms with van der Waals surface area (Å²) in [5, 5.41) is 11.3. The summed E-state index contributed by atoms with van der Waals surface area (Å²) >= 11 is 7.45. The molecule has 0 radical (unpaired) electrons. The molecule has 0 spiro atoms. The molecule has 0 atom stereocenters. The molecule has 0 aromatic carbocycles. The minimum atomic E-state index is -1.29. The molecule has 0 bridgehead atoms. The van der Waals surface area contributed by atoms with Crippen molar-refractivity contribution < 1.29 is 14.7 Å².